The van der Waals surface area contributed by atoms with E-state index in [2.05, 4.69) is 27.2 Å². The van der Waals surface area contributed by atoms with E-state index in [-0.39, 0.29) is 12.7 Å². The van der Waals surface area contributed by atoms with Crippen LogP contribution >= 0.6 is 0 Å². The van der Waals surface area contributed by atoms with Crippen LogP contribution in [0.3, 0.4) is 0 Å². The summed E-state index contributed by atoms with van der Waals surface area (Å²) in [5.41, 5.74) is 1.73. The fourth-order valence-electron chi connectivity index (χ4n) is 2.10. The molecule has 0 unspecified atom stereocenters. The van der Waals surface area contributed by atoms with Crippen LogP contribution in [0.25, 0.3) is 0 Å². The van der Waals surface area contributed by atoms with Crippen LogP contribution in [0.5, 0.6) is 11.5 Å². The first-order valence-electron chi connectivity index (χ1n) is 7.07. The zero-order valence-electron chi connectivity index (χ0n) is 12.6. The largest absolute Gasteiger partial charge is 0.454 e. The van der Waals surface area contributed by atoms with Crippen molar-refractivity contribution < 1.29 is 14.3 Å². The van der Waals surface area contributed by atoms with Crippen molar-refractivity contribution in [2.45, 2.75) is 6.92 Å². The van der Waals surface area contributed by atoms with Crippen LogP contribution in [0.2, 0.25) is 0 Å². The number of carbonyl (C=O) groups is 1. The number of hydrogen-bond donors (Lipinski definition) is 2. The Labute approximate surface area is 133 Å². The summed E-state index contributed by atoms with van der Waals surface area (Å²) in [5, 5.41) is 5.76. The second kappa shape index (κ2) is 6.35. The van der Waals surface area contributed by atoms with Crippen LogP contribution in [-0.4, -0.2) is 29.2 Å². The van der Waals surface area contributed by atoms with Crippen molar-refractivity contribution in [3.05, 3.63) is 48.3 Å². The number of nitrogens with one attached hydrogen (secondary N) is 2. The Morgan fingerprint density at radius 1 is 1.30 bits per heavy atom. The van der Waals surface area contributed by atoms with Gasteiger partial charge < -0.3 is 20.1 Å². The molecule has 2 aromatic rings. The summed E-state index contributed by atoms with van der Waals surface area (Å²) in [5.74, 6) is 1.42. The number of rotatable bonds is 5. The number of aryl methyl sites for hydroxylation is 1. The number of amides is 1. The van der Waals surface area contributed by atoms with Gasteiger partial charge in [-0.3, -0.25) is 4.79 Å². The van der Waals surface area contributed by atoms with E-state index in [0.717, 1.165) is 5.69 Å². The minimum absolute atomic E-state index is 0.216. The summed E-state index contributed by atoms with van der Waals surface area (Å²) >= 11 is 0. The molecule has 1 aromatic carbocycles. The molecule has 1 amide bonds. The molecule has 1 aliphatic heterocycles. The molecule has 0 saturated carbocycles. The molecule has 1 aromatic heterocycles. The molecule has 0 radical (unpaired) electrons. The fourth-order valence-corrected chi connectivity index (χ4v) is 2.10. The first-order valence-corrected chi connectivity index (χ1v) is 7.07. The molecule has 2 N–H and O–H groups in total. The Morgan fingerprint density at radius 3 is 2.96 bits per heavy atom. The third kappa shape index (κ3) is 3.39. The van der Waals surface area contributed by atoms with Gasteiger partial charge in [-0.15, -0.1) is 6.58 Å². The number of nitrogens with zero attached hydrogens (tertiary/aromatic N) is 2. The van der Waals surface area contributed by atoms with Gasteiger partial charge in [-0.25, -0.2) is 9.97 Å². The molecule has 118 valence electrons. The van der Waals surface area contributed by atoms with Crippen molar-refractivity contribution in [2.24, 2.45) is 0 Å². The van der Waals surface area contributed by atoms with Gasteiger partial charge in [0.25, 0.3) is 5.91 Å². The lowest BCUT2D eigenvalue weighted by Gasteiger charge is -2.08. The van der Waals surface area contributed by atoms with Gasteiger partial charge in [-0.2, -0.15) is 0 Å². The topological polar surface area (TPSA) is 85.4 Å². The van der Waals surface area contributed by atoms with E-state index in [1.165, 1.54) is 0 Å². The standard InChI is InChI=1S/C16H16N4O3/c1-3-6-17-15(21)12-7-10(2)18-16(20-12)19-11-4-5-13-14(8-11)23-9-22-13/h3-5,7-8H,1,6,9H2,2H3,(H,17,21)(H,18,19,20). The molecule has 0 saturated heterocycles. The first kappa shape index (κ1) is 14.8. The molecule has 23 heavy (non-hydrogen) atoms. The minimum Gasteiger partial charge on any atom is -0.454 e. The van der Waals surface area contributed by atoms with E-state index < -0.39 is 0 Å². The third-order valence-electron chi connectivity index (χ3n) is 3.12. The highest BCUT2D eigenvalue weighted by atomic mass is 16.7. The second-order valence-electron chi connectivity index (χ2n) is 4.91. The molecule has 0 fully saturated rings. The number of benzene rings is 1. The maximum Gasteiger partial charge on any atom is 0.270 e. The maximum absolute atomic E-state index is 12.0. The molecule has 1 aliphatic rings. The Balaban J connectivity index is 1.81. The summed E-state index contributed by atoms with van der Waals surface area (Å²) in [6.45, 7) is 5.96. The van der Waals surface area contributed by atoms with Crippen LogP contribution in [0, 0.1) is 6.92 Å². The zero-order chi connectivity index (χ0) is 16.2. The van der Waals surface area contributed by atoms with E-state index in [9.17, 15) is 4.79 Å². The normalized spacial score (nSPS) is 11.9. The Morgan fingerprint density at radius 2 is 2.13 bits per heavy atom. The first-order chi connectivity index (χ1) is 11.2. The van der Waals surface area contributed by atoms with Crippen molar-refractivity contribution in [2.75, 3.05) is 18.7 Å². The lowest BCUT2D eigenvalue weighted by molar-refractivity contribution is 0.0953. The highest BCUT2D eigenvalue weighted by Crippen LogP contribution is 2.34. The molecular weight excluding hydrogens is 296 g/mol. The van der Waals surface area contributed by atoms with Crippen molar-refractivity contribution >= 4 is 17.5 Å². The molecule has 0 spiro atoms. The Bertz CT molecular complexity index is 761. The monoisotopic (exact) mass is 312 g/mol. The summed E-state index contributed by atoms with van der Waals surface area (Å²) in [6, 6.07) is 7.06. The van der Waals surface area contributed by atoms with Crippen LogP contribution in [-0.2, 0) is 0 Å². The number of anilines is 2. The predicted molar refractivity (Wildman–Crippen MR) is 85.1 cm³/mol. The molecule has 3 rings (SSSR count). The molecule has 0 bridgehead atoms. The maximum atomic E-state index is 12.0. The van der Waals surface area contributed by atoms with Gasteiger partial charge >= 0.3 is 0 Å². The third-order valence-corrected chi connectivity index (χ3v) is 3.12. The molecule has 7 heteroatoms. The van der Waals surface area contributed by atoms with Gasteiger partial charge in [-0.1, -0.05) is 6.08 Å². The average molecular weight is 312 g/mol. The van der Waals surface area contributed by atoms with Crippen molar-refractivity contribution in [1.82, 2.24) is 15.3 Å². The molecular formula is C16H16N4O3. The Kier molecular flexibility index (Phi) is 4.09. The van der Waals surface area contributed by atoms with Crippen LogP contribution in [0.15, 0.2) is 36.9 Å². The summed E-state index contributed by atoms with van der Waals surface area (Å²) in [6.07, 6.45) is 1.61. The van der Waals surface area contributed by atoms with E-state index >= 15 is 0 Å². The number of ether oxygens (including phenoxy) is 2. The van der Waals surface area contributed by atoms with Gasteiger partial charge in [0.05, 0.1) is 0 Å². The zero-order valence-corrected chi connectivity index (χ0v) is 12.6. The summed E-state index contributed by atoms with van der Waals surface area (Å²) in [7, 11) is 0. The van der Waals surface area contributed by atoms with Gasteiger partial charge in [0.15, 0.2) is 11.5 Å². The lowest BCUT2D eigenvalue weighted by Crippen LogP contribution is -2.24. The average Bonchev–Trinajstić information content (AvgIpc) is 2.99. The molecule has 2 heterocycles. The Hall–Kier alpha value is -3.09. The van der Waals surface area contributed by atoms with Crippen LogP contribution in [0.1, 0.15) is 16.2 Å². The fraction of sp³-hybridized carbons (Fsp3) is 0.188. The molecule has 0 atom stereocenters. The minimum atomic E-state index is -0.274. The number of fused-ring (bicyclic) bond motifs is 1. The van der Waals surface area contributed by atoms with E-state index in [4.69, 9.17) is 9.47 Å². The number of carbonyl (C=O) groups excluding carboxylic acids is 1. The van der Waals surface area contributed by atoms with Gasteiger partial charge in [0, 0.05) is 24.0 Å². The second-order valence-corrected chi connectivity index (χ2v) is 4.91. The van der Waals surface area contributed by atoms with E-state index in [1.807, 2.05) is 6.07 Å². The number of hydrogen-bond acceptors (Lipinski definition) is 6. The van der Waals surface area contributed by atoms with Crippen LogP contribution in [0.4, 0.5) is 11.6 Å². The molecule has 0 aliphatic carbocycles. The summed E-state index contributed by atoms with van der Waals surface area (Å²) < 4.78 is 10.6. The number of aromatic nitrogens is 2. The van der Waals surface area contributed by atoms with E-state index in [1.54, 1.807) is 31.2 Å². The van der Waals surface area contributed by atoms with Crippen molar-refractivity contribution in [3.8, 4) is 11.5 Å². The van der Waals surface area contributed by atoms with Crippen LogP contribution < -0.4 is 20.1 Å². The summed E-state index contributed by atoms with van der Waals surface area (Å²) in [4.78, 5) is 20.5. The van der Waals surface area contributed by atoms with Crippen molar-refractivity contribution in [3.63, 3.8) is 0 Å². The quantitative estimate of drug-likeness (QED) is 0.823. The highest BCUT2D eigenvalue weighted by Gasteiger charge is 2.14. The smallest absolute Gasteiger partial charge is 0.270 e. The van der Waals surface area contributed by atoms with Gasteiger partial charge in [-0.05, 0) is 25.1 Å². The predicted octanol–water partition coefficient (Wildman–Crippen LogP) is 2.17. The van der Waals surface area contributed by atoms with Crippen molar-refractivity contribution in [1.29, 1.82) is 0 Å². The highest BCUT2D eigenvalue weighted by molar-refractivity contribution is 5.92. The lowest BCUT2D eigenvalue weighted by atomic mass is 10.3. The SMILES string of the molecule is C=CCNC(=O)c1cc(C)nc(Nc2ccc3c(c2)OCO3)n1. The van der Waals surface area contributed by atoms with Gasteiger partial charge in [0.2, 0.25) is 12.7 Å². The van der Waals surface area contributed by atoms with Gasteiger partial charge in [0.1, 0.15) is 5.69 Å². The van der Waals surface area contributed by atoms with E-state index in [0.29, 0.717) is 35.4 Å². The molecule has 7 nitrogen and oxygen atoms in total.